The zero-order valence-electron chi connectivity index (χ0n) is 7.73. The van der Waals surface area contributed by atoms with Crippen molar-refractivity contribution < 1.29 is 14.7 Å². The Labute approximate surface area is 91.6 Å². The smallest absolute Gasteiger partial charge is 0.326 e. The van der Waals surface area contributed by atoms with Crippen LogP contribution in [0.15, 0.2) is 0 Å². The predicted molar refractivity (Wildman–Crippen MR) is 58.2 cm³/mol. The summed E-state index contributed by atoms with van der Waals surface area (Å²) in [5.74, 6) is -0.905. The molecule has 6 heteroatoms. The molecule has 4 nitrogen and oxygen atoms in total. The van der Waals surface area contributed by atoms with Gasteiger partial charge in [-0.15, -0.1) is 0 Å². The second kappa shape index (κ2) is 4.75. The molecule has 1 aliphatic heterocycles. The highest BCUT2D eigenvalue weighted by molar-refractivity contribution is 8.23. The summed E-state index contributed by atoms with van der Waals surface area (Å²) < 4.78 is 0.385. The highest BCUT2D eigenvalue weighted by atomic mass is 32.2. The van der Waals surface area contributed by atoms with E-state index < -0.39 is 12.0 Å². The lowest BCUT2D eigenvalue weighted by Gasteiger charge is -2.22. The summed E-state index contributed by atoms with van der Waals surface area (Å²) in [6.45, 7) is 1.88. The number of nitrogens with zero attached hydrogens (tertiary/aromatic N) is 1. The third-order valence-corrected chi connectivity index (χ3v) is 3.33. The maximum atomic E-state index is 11.4. The Bertz CT molecular complexity index is 264. The number of amides is 1. The fraction of sp³-hybridized carbons (Fsp3) is 0.625. The van der Waals surface area contributed by atoms with Crippen LogP contribution in [-0.2, 0) is 9.59 Å². The minimum absolute atomic E-state index is 0.194. The molecule has 0 saturated carbocycles. The Morgan fingerprint density at radius 2 is 2.43 bits per heavy atom. The van der Waals surface area contributed by atoms with E-state index in [1.807, 2.05) is 6.92 Å². The third-order valence-electron chi connectivity index (χ3n) is 1.94. The molecule has 1 amide bonds. The summed E-state index contributed by atoms with van der Waals surface area (Å²) in [4.78, 5) is 23.5. The van der Waals surface area contributed by atoms with Gasteiger partial charge in [-0.3, -0.25) is 9.69 Å². The number of carbonyl (C=O) groups is 2. The molecule has 1 rings (SSSR count). The van der Waals surface area contributed by atoms with Gasteiger partial charge in [-0.05, 0) is 6.42 Å². The van der Waals surface area contributed by atoms with Crippen molar-refractivity contribution in [2.45, 2.75) is 25.8 Å². The second-order valence-corrected chi connectivity index (χ2v) is 4.57. The minimum atomic E-state index is -0.981. The number of thiocarbonyl (C=S) groups is 1. The molecule has 0 spiro atoms. The zero-order chi connectivity index (χ0) is 10.7. The lowest BCUT2D eigenvalue weighted by molar-refractivity contribution is -0.145. The highest BCUT2D eigenvalue weighted by Gasteiger charge is 2.36. The van der Waals surface area contributed by atoms with E-state index in [-0.39, 0.29) is 11.7 Å². The Morgan fingerprint density at radius 1 is 1.79 bits per heavy atom. The van der Waals surface area contributed by atoms with E-state index in [9.17, 15) is 9.59 Å². The number of aliphatic carboxylic acids is 1. The van der Waals surface area contributed by atoms with Crippen LogP contribution in [0.3, 0.4) is 0 Å². The fourth-order valence-electron chi connectivity index (χ4n) is 1.30. The molecule has 1 N–H and O–H groups in total. The molecule has 1 fully saturated rings. The van der Waals surface area contributed by atoms with Crippen LogP contribution in [0.1, 0.15) is 19.8 Å². The molecule has 0 aromatic carbocycles. The van der Waals surface area contributed by atoms with Crippen molar-refractivity contribution in [3.8, 4) is 0 Å². The average Bonchev–Trinajstić information content (AvgIpc) is 2.43. The molecule has 0 unspecified atom stereocenters. The Morgan fingerprint density at radius 3 is 2.79 bits per heavy atom. The molecule has 14 heavy (non-hydrogen) atoms. The van der Waals surface area contributed by atoms with Crippen LogP contribution in [0.2, 0.25) is 0 Å². The van der Waals surface area contributed by atoms with Gasteiger partial charge >= 0.3 is 5.97 Å². The Kier molecular flexibility index (Phi) is 3.88. The van der Waals surface area contributed by atoms with Gasteiger partial charge in [0.15, 0.2) is 0 Å². The van der Waals surface area contributed by atoms with Gasteiger partial charge in [-0.1, -0.05) is 37.3 Å². The number of thioether (sulfide) groups is 1. The van der Waals surface area contributed by atoms with Crippen molar-refractivity contribution >= 4 is 40.2 Å². The van der Waals surface area contributed by atoms with Crippen molar-refractivity contribution in [2.24, 2.45) is 0 Å². The molecule has 0 aromatic rings. The van der Waals surface area contributed by atoms with Crippen molar-refractivity contribution in [1.82, 2.24) is 4.90 Å². The predicted octanol–water partition coefficient (Wildman–Crippen LogP) is 1.10. The Balaban J connectivity index is 2.81. The highest BCUT2D eigenvalue weighted by Crippen LogP contribution is 2.23. The van der Waals surface area contributed by atoms with Crippen LogP contribution in [0.5, 0.6) is 0 Å². The van der Waals surface area contributed by atoms with Crippen molar-refractivity contribution in [2.75, 3.05) is 5.75 Å². The van der Waals surface area contributed by atoms with E-state index in [0.29, 0.717) is 17.2 Å². The largest absolute Gasteiger partial charge is 0.480 e. The number of rotatable bonds is 4. The first-order chi connectivity index (χ1) is 6.57. The normalized spacial score (nSPS) is 18.8. The molecule has 0 aromatic heterocycles. The number of carboxylic acids is 1. The van der Waals surface area contributed by atoms with Crippen molar-refractivity contribution in [3.63, 3.8) is 0 Å². The van der Waals surface area contributed by atoms with Crippen LogP contribution in [0, 0.1) is 0 Å². The molecule has 0 bridgehead atoms. The van der Waals surface area contributed by atoms with E-state index in [1.165, 1.54) is 16.7 Å². The van der Waals surface area contributed by atoms with Gasteiger partial charge < -0.3 is 5.11 Å². The Hall–Kier alpha value is -0.620. The number of hydrogen-bond donors (Lipinski definition) is 1. The zero-order valence-corrected chi connectivity index (χ0v) is 9.36. The van der Waals surface area contributed by atoms with Gasteiger partial charge in [-0.2, -0.15) is 0 Å². The summed E-state index contributed by atoms with van der Waals surface area (Å²) in [5, 5.41) is 8.94. The summed E-state index contributed by atoms with van der Waals surface area (Å²) >= 11 is 6.16. The van der Waals surface area contributed by atoms with Gasteiger partial charge in [-0.25, -0.2) is 4.79 Å². The minimum Gasteiger partial charge on any atom is -0.480 e. The topological polar surface area (TPSA) is 57.6 Å². The number of carbonyl (C=O) groups excluding carboxylic acids is 1. The SMILES string of the molecule is CCC[C@H](C(=O)O)N1C(=O)CSC1=S. The quantitative estimate of drug-likeness (QED) is 0.737. The second-order valence-electron chi connectivity index (χ2n) is 2.96. The van der Waals surface area contributed by atoms with E-state index in [4.69, 9.17) is 17.3 Å². The van der Waals surface area contributed by atoms with E-state index in [1.54, 1.807) is 0 Å². The maximum absolute atomic E-state index is 11.4. The average molecular weight is 233 g/mol. The van der Waals surface area contributed by atoms with E-state index in [0.717, 1.165) is 0 Å². The lowest BCUT2D eigenvalue weighted by Crippen LogP contribution is -2.43. The van der Waals surface area contributed by atoms with E-state index in [2.05, 4.69) is 0 Å². The standard InChI is InChI=1S/C8H11NO3S2/c1-2-3-5(7(11)12)9-6(10)4-14-8(9)13/h5H,2-4H2,1H3,(H,11,12)/t5-/m1/s1. The van der Waals surface area contributed by atoms with Crippen molar-refractivity contribution in [1.29, 1.82) is 0 Å². The van der Waals surface area contributed by atoms with Gasteiger partial charge in [0, 0.05) is 0 Å². The molecule has 1 atom stereocenters. The van der Waals surface area contributed by atoms with Crippen LogP contribution < -0.4 is 0 Å². The first-order valence-corrected chi connectivity index (χ1v) is 5.69. The summed E-state index contributed by atoms with van der Waals surface area (Å²) in [7, 11) is 0. The first kappa shape index (κ1) is 11.5. The lowest BCUT2D eigenvalue weighted by atomic mass is 10.1. The third kappa shape index (κ3) is 2.24. The van der Waals surface area contributed by atoms with E-state index >= 15 is 0 Å². The summed E-state index contributed by atoms with van der Waals surface area (Å²) in [6.07, 6.45) is 1.16. The first-order valence-electron chi connectivity index (χ1n) is 4.29. The van der Waals surface area contributed by atoms with Gasteiger partial charge in [0.2, 0.25) is 5.91 Å². The number of carboxylic acid groups (broad SMARTS) is 1. The molecular formula is C8H11NO3S2. The molecule has 0 radical (unpaired) electrons. The molecule has 1 saturated heterocycles. The maximum Gasteiger partial charge on any atom is 0.326 e. The molecule has 0 aliphatic carbocycles. The summed E-state index contributed by atoms with van der Waals surface area (Å²) in [5.41, 5.74) is 0. The van der Waals surface area contributed by atoms with Crippen LogP contribution in [0.4, 0.5) is 0 Å². The fourth-order valence-corrected chi connectivity index (χ4v) is 2.46. The monoisotopic (exact) mass is 233 g/mol. The van der Waals surface area contributed by atoms with Gasteiger partial charge in [0.1, 0.15) is 10.4 Å². The summed E-state index contributed by atoms with van der Waals surface area (Å²) in [6, 6.07) is -0.782. The van der Waals surface area contributed by atoms with Crippen LogP contribution >= 0.6 is 24.0 Å². The van der Waals surface area contributed by atoms with Crippen LogP contribution in [-0.4, -0.2) is 38.0 Å². The van der Waals surface area contributed by atoms with Crippen LogP contribution in [0.25, 0.3) is 0 Å². The molecular weight excluding hydrogens is 222 g/mol. The number of hydrogen-bond acceptors (Lipinski definition) is 4. The van der Waals surface area contributed by atoms with Crippen molar-refractivity contribution in [3.05, 3.63) is 0 Å². The van der Waals surface area contributed by atoms with Gasteiger partial charge in [0.25, 0.3) is 0 Å². The molecule has 1 heterocycles. The molecule has 78 valence electrons. The molecule has 1 aliphatic rings. The van der Waals surface area contributed by atoms with Gasteiger partial charge in [0.05, 0.1) is 5.75 Å².